The normalized spacial score (nSPS) is 20.2. The van der Waals surface area contributed by atoms with Gasteiger partial charge in [-0.25, -0.2) is 18.7 Å². The molecule has 0 aliphatic carbocycles. The predicted octanol–water partition coefficient (Wildman–Crippen LogP) is 2.62. The quantitative estimate of drug-likeness (QED) is 0.610. The number of nitrogens with zero attached hydrogens (tertiary/aromatic N) is 3. The Morgan fingerprint density at radius 1 is 1.44 bits per heavy atom. The topological polar surface area (TPSA) is 29.0 Å². The van der Waals surface area contributed by atoms with E-state index >= 15 is 0 Å². The Morgan fingerprint density at radius 3 is 2.75 bits per heavy atom. The van der Waals surface area contributed by atoms with Crippen molar-refractivity contribution in [3.8, 4) is 0 Å². The Kier molecular flexibility index (Phi) is 3.28. The Labute approximate surface area is 101 Å². The van der Waals surface area contributed by atoms with Crippen LogP contribution in [0.15, 0.2) is 6.20 Å². The lowest BCUT2D eigenvalue weighted by Crippen LogP contribution is -2.25. The summed E-state index contributed by atoms with van der Waals surface area (Å²) in [4.78, 5) is 9.16. The van der Waals surface area contributed by atoms with Crippen molar-refractivity contribution in [3.63, 3.8) is 0 Å². The minimum absolute atomic E-state index is 0.0560. The molecule has 3 nitrogen and oxygen atoms in total. The molecule has 0 bridgehead atoms. The van der Waals surface area contributed by atoms with E-state index in [0.717, 1.165) is 0 Å². The van der Waals surface area contributed by atoms with Crippen molar-refractivity contribution in [3.05, 3.63) is 22.2 Å². The van der Waals surface area contributed by atoms with Crippen LogP contribution in [0.3, 0.4) is 0 Å². The first-order valence-corrected chi connectivity index (χ1v) is 5.49. The van der Waals surface area contributed by atoms with Gasteiger partial charge in [-0.3, -0.25) is 4.90 Å². The highest BCUT2D eigenvalue weighted by Gasteiger charge is 2.38. The summed E-state index contributed by atoms with van der Waals surface area (Å²) in [5.74, 6) is -2.60. The minimum atomic E-state index is -2.60. The SMILES string of the molecule is FC1(F)CCN(Cc2cnc(Cl)nc2Cl)C1. The van der Waals surface area contributed by atoms with Gasteiger partial charge >= 0.3 is 0 Å². The van der Waals surface area contributed by atoms with E-state index in [0.29, 0.717) is 18.7 Å². The number of hydrogen-bond acceptors (Lipinski definition) is 3. The van der Waals surface area contributed by atoms with Gasteiger partial charge in [-0.1, -0.05) is 11.6 Å². The average molecular weight is 268 g/mol. The van der Waals surface area contributed by atoms with Crippen LogP contribution in [0.1, 0.15) is 12.0 Å². The van der Waals surface area contributed by atoms with E-state index in [1.54, 1.807) is 4.90 Å². The maximum atomic E-state index is 12.9. The summed E-state index contributed by atoms with van der Waals surface area (Å²) >= 11 is 11.4. The highest BCUT2D eigenvalue weighted by molar-refractivity contribution is 6.32. The molecule has 0 unspecified atom stereocenters. The zero-order chi connectivity index (χ0) is 11.8. The van der Waals surface area contributed by atoms with Gasteiger partial charge in [0.1, 0.15) is 5.15 Å². The van der Waals surface area contributed by atoms with Gasteiger partial charge in [-0.15, -0.1) is 0 Å². The first-order valence-electron chi connectivity index (χ1n) is 4.73. The van der Waals surface area contributed by atoms with Crippen LogP contribution < -0.4 is 0 Å². The minimum Gasteiger partial charge on any atom is -0.293 e. The predicted molar refractivity (Wildman–Crippen MR) is 56.9 cm³/mol. The van der Waals surface area contributed by atoms with Crippen molar-refractivity contribution >= 4 is 23.2 Å². The molecule has 0 atom stereocenters. The number of likely N-dealkylation sites (tertiary alicyclic amines) is 1. The molecule has 88 valence electrons. The lowest BCUT2D eigenvalue weighted by atomic mass is 10.3. The summed E-state index contributed by atoms with van der Waals surface area (Å²) in [6, 6.07) is 0. The number of halogens is 4. The van der Waals surface area contributed by atoms with Crippen LogP contribution in [0, 0.1) is 0 Å². The van der Waals surface area contributed by atoms with Crippen LogP contribution >= 0.6 is 23.2 Å². The molecule has 0 radical (unpaired) electrons. The Hall–Kier alpha value is -0.520. The second-order valence-corrected chi connectivity index (χ2v) is 4.47. The van der Waals surface area contributed by atoms with E-state index in [2.05, 4.69) is 9.97 Å². The summed E-state index contributed by atoms with van der Waals surface area (Å²) in [6.45, 7) is 0.434. The van der Waals surface area contributed by atoms with Gasteiger partial charge in [0.05, 0.1) is 6.54 Å². The van der Waals surface area contributed by atoms with E-state index in [9.17, 15) is 8.78 Å². The fourth-order valence-corrected chi connectivity index (χ4v) is 2.02. The smallest absolute Gasteiger partial charge is 0.261 e. The first-order chi connectivity index (χ1) is 7.46. The van der Waals surface area contributed by atoms with Crippen molar-refractivity contribution in [2.24, 2.45) is 0 Å². The van der Waals surface area contributed by atoms with Crippen LogP contribution in [0.4, 0.5) is 8.78 Å². The van der Waals surface area contributed by atoms with Crippen molar-refractivity contribution < 1.29 is 8.78 Å². The van der Waals surface area contributed by atoms with E-state index in [1.165, 1.54) is 6.20 Å². The second kappa shape index (κ2) is 4.39. The van der Waals surface area contributed by atoms with Crippen LogP contribution in [-0.4, -0.2) is 33.9 Å². The molecule has 16 heavy (non-hydrogen) atoms. The van der Waals surface area contributed by atoms with Crippen LogP contribution in [-0.2, 0) is 6.54 Å². The lowest BCUT2D eigenvalue weighted by molar-refractivity contribution is 0.0115. The fourth-order valence-electron chi connectivity index (χ4n) is 1.65. The molecular formula is C9H9Cl2F2N3. The van der Waals surface area contributed by atoms with Gasteiger partial charge < -0.3 is 0 Å². The van der Waals surface area contributed by atoms with Crippen LogP contribution in [0.5, 0.6) is 0 Å². The number of alkyl halides is 2. The average Bonchev–Trinajstić information content (AvgIpc) is 2.51. The Bertz CT molecular complexity index is 400. The van der Waals surface area contributed by atoms with E-state index < -0.39 is 5.92 Å². The highest BCUT2D eigenvalue weighted by Crippen LogP contribution is 2.28. The Balaban J connectivity index is 2.05. The summed E-state index contributed by atoms with van der Waals surface area (Å²) in [7, 11) is 0. The maximum Gasteiger partial charge on any atom is 0.261 e. The lowest BCUT2D eigenvalue weighted by Gasteiger charge is -2.15. The summed E-state index contributed by atoms with van der Waals surface area (Å²) < 4.78 is 25.9. The first kappa shape index (κ1) is 12.0. The Morgan fingerprint density at radius 2 is 2.19 bits per heavy atom. The summed E-state index contributed by atoms with van der Waals surface area (Å²) in [6.07, 6.45) is 1.35. The number of aromatic nitrogens is 2. The number of hydrogen-bond donors (Lipinski definition) is 0. The third-order valence-electron chi connectivity index (χ3n) is 2.42. The zero-order valence-corrected chi connectivity index (χ0v) is 9.77. The van der Waals surface area contributed by atoms with Gasteiger partial charge in [-0.05, 0) is 11.6 Å². The molecule has 1 saturated heterocycles. The second-order valence-electron chi connectivity index (χ2n) is 3.77. The van der Waals surface area contributed by atoms with Crippen molar-refractivity contribution in [2.75, 3.05) is 13.1 Å². The molecule has 0 spiro atoms. The largest absolute Gasteiger partial charge is 0.293 e. The van der Waals surface area contributed by atoms with Gasteiger partial charge in [0.15, 0.2) is 0 Å². The molecule has 0 amide bonds. The molecule has 1 fully saturated rings. The van der Waals surface area contributed by atoms with Gasteiger partial charge in [-0.2, -0.15) is 0 Å². The third kappa shape index (κ3) is 2.78. The van der Waals surface area contributed by atoms with Crippen LogP contribution in [0.2, 0.25) is 10.4 Å². The van der Waals surface area contributed by atoms with E-state index in [4.69, 9.17) is 23.2 Å². The van der Waals surface area contributed by atoms with Crippen molar-refractivity contribution in [1.82, 2.24) is 14.9 Å². The maximum absolute atomic E-state index is 12.9. The van der Waals surface area contributed by atoms with Gasteiger partial charge in [0, 0.05) is 31.3 Å². The monoisotopic (exact) mass is 267 g/mol. The molecule has 1 aliphatic heterocycles. The van der Waals surface area contributed by atoms with Gasteiger partial charge in [0.25, 0.3) is 5.92 Å². The number of rotatable bonds is 2. The molecule has 0 saturated carbocycles. The molecule has 0 aromatic carbocycles. The zero-order valence-electron chi connectivity index (χ0n) is 8.26. The summed E-state index contributed by atoms with van der Waals surface area (Å²) in [5.41, 5.74) is 0.615. The molecule has 1 aromatic heterocycles. The molecule has 1 aliphatic rings. The van der Waals surface area contributed by atoms with E-state index in [1.807, 2.05) is 0 Å². The van der Waals surface area contributed by atoms with Crippen molar-refractivity contribution in [1.29, 1.82) is 0 Å². The molecule has 0 N–H and O–H groups in total. The van der Waals surface area contributed by atoms with Crippen molar-refractivity contribution in [2.45, 2.75) is 18.9 Å². The molecule has 7 heteroatoms. The molecule has 2 rings (SSSR count). The summed E-state index contributed by atoms with van der Waals surface area (Å²) in [5, 5.41) is 0.274. The van der Waals surface area contributed by atoms with Crippen LogP contribution in [0.25, 0.3) is 0 Å². The fraction of sp³-hybridized carbons (Fsp3) is 0.556. The third-order valence-corrected chi connectivity index (χ3v) is 2.93. The standard InChI is InChI=1S/C9H9Cl2F2N3/c10-7-6(3-14-8(11)15-7)4-16-2-1-9(12,13)5-16/h3H,1-2,4-5H2. The molecule has 2 heterocycles. The van der Waals surface area contributed by atoms with E-state index in [-0.39, 0.29) is 23.4 Å². The highest BCUT2D eigenvalue weighted by atomic mass is 35.5. The van der Waals surface area contributed by atoms with Gasteiger partial charge in [0.2, 0.25) is 5.28 Å². The molecular weight excluding hydrogens is 259 g/mol. The molecule has 1 aromatic rings.